The molecule has 2 N–H and O–H groups in total. The van der Waals surface area contributed by atoms with E-state index in [0.29, 0.717) is 6.61 Å². The van der Waals surface area contributed by atoms with E-state index in [0.717, 1.165) is 57.5 Å². The summed E-state index contributed by atoms with van der Waals surface area (Å²) < 4.78 is 7.99. The van der Waals surface area contributed by atoms with Crippen LogP contribution in [0.5, 0.6) is 0 Å². The molecule has 0 spiro atoms. The molecule has 1 atom stereocenters. The third kappa shape index (κ3) is 2.92. The molecule has 0 aliphatic carbocycles. The molecule has 0 amide bonds. The van der Waals surface area contributed by atoms with Crippen LogP contribution in [-0.4, -0.2) is 55.7 Å². The summed E-state index contributed by atoms with van der Waals surface area (Å²) in [5.74, 6) is 1.70. The van der Waals surface area contributed by atoms with Gasteiger partial charge in [0.2, 0.25) is 0 Å². The summed E-state index contributed by atoms with van der Waals surface area (Å²) in [6.45, 7) is 3.54. The van der Waals surface area contributed by atoms with Crippen molar-refractivity contribution in [1.82, 2.24) is 30.4 Å². The maximum absolute atomic E-state index is 5.63. The van der Waals surface area contributed by atoms with Crippen molar-refractivity contribution in [2.24, 2.45) is 0 Å². The van der Waals surface area contributed by atoms with Crippen LogP contribution in [0.15, 0.2) is 36.7 Å². The molecule has 0 aromatic carbocycles. The quantitative estimate of drug-likeness (QED) is 0.462. The first-order chi connectivity index (χ1) is 13.7. The van der Waals surface area contributed by atoms with Crippen molar-refractivity contribution in [3.8, 4) is 22.5 Å². The van der Waals surface area contributed by atoms with Gasteiger partial charge in [-0.15, -0.1) is 0 Å². The minimum Gasteiger partial charge on any atom is -0.369 e. The largest absolute Gasteiger partial charge is 0.369 e. The predicted molar refractivity (Wildman–Crippen MR) is 113 cm³/mol. The molecule has 4 aromatic rings. The summed E-state index contributed by atoms with van der Waals surface area (Å²) in [4.78, 5) is 9.46. The third-order valence-electron chi connectivity index (χ3n) is 4.88. The van der Waals surface area contributed by atoms with Gasteiger partial charge in [0.15, 0.2) is 0 Å². The smallest absolute Gasteiger partial charge is 0.139 e. The van der Waals surface area contributed by atoms with Crippen LogP contribution in [0.1, 0.15) is 5.69 Å². The average molecular weight is 395 g/mol. The van der Waals surface area contributed by atoms with E-state index in [4.69, 9.17) is 9.72 Å². The van der Waals surface area contributed by atoms with Gasteiger partial charge in [0, 0.05) is 29.2 Å². The lowest BCUT2D eigenvalue weighted by molar-refractivity contribution is 0.183. The second kappa shape index (κ2) is 6.92. The van der Waals surface area contributed by atoms with Gasteiger partial charge in [-0.25, -0.2) is 4.98 Å². The Hall–Kier alpha value is -2.91. The number of nitrogens with one attached hydrogen (secondary N) is 2. The van der Waals surface area contributed by atoms with Crippen molar-refractivity contribution in [3.05, 3.63) is 42.4 Å². The average Bonchev–Trinajstić information content (AvgIpc) is 3.38. The van der Waals surface area contributed by atoms with Crippen molar-refractivity contribution >= 4 is 27.9 Å². The molecule has 1 unspecified atom stereocenters. The topological polar surface area (TPSA) is 95.6 Å². The highest BCUT2D eigenvalue weighted by atomic mass is 32.2. The normalized spacial score (nSPS) is 18.6. The highest BCUT2D eigenvalue weighted by Gasteiger charge is 2.22. The number of thiol groups is 1. The summed E-state index contributed by atoms with van der Waals surface area (Å²) >= 11 is -0.433. The first kappa shape index (κ1) is 17.2. The Labute approximate surface area is 164 Å². The van der Waals surface area contributed by atoms with Crippen molar-refractivity contribution in [3.63, 3.8) is 0 Å². The van der Waals surface area contributed by atoms with E-state index < -0.39 is 11.1 Å². The first-order valence-electron chi connectivity index (χ1n) is 9.09. The molecule has 8 nitrogen and oxygen atoms in total. The van der Waals surface area contributed by atoms with E-state index >= 15 is 0 Å². The van der Waals surface area contributed by atoms with Crippen LogP contribution in [0.25, 0.3) is 33.5 Å². The van der Waals surface area contributed by atoms with Crippen LogP contribution in [0.4, 0.5) is 5.82 Å². The number of rotatable bonds is 3. The number of hydrogen-bond acceptors (Lipinski definition) is 6. The number of hydrogen-bond donors (Lipinski definition) is 3. The third-order valence-corrected chi connectivity index (χ3v) is 6.66. The molecule has 5 rings (SSSR count). The zero-order valence-corrected chi connectivity index (χ0v) is 16.6. The highest BCUT2D eigenvalue weighted by molar-refractivity contribution is 8.17. The van der Waals surface area contributed by atoms with Crippen molar-refractivity contribution in [2.75, 3.05) is 29.7 Å². The second-order valence-electron chi connectivity index (χ2n) is 6.79. The molecule has 1 aliphatic rings. The highest BCUT2D eigenvalue weighted by Crippen LogP contribution is 2.39. The Morgan fingerprint density at radius 1 is 1.21 bits per heavy atom. The zero-order chi connectivity index (χ0) is 19.1. The van der Waals surface area contributed by atoms with Crippen LogP contribution in [0, 0.1) is 6.92 Å². The van der Waals surface area contributed by atoms with E-state index in [1.54, 1.807) is 6.20 Å². The van der Waals surface area contributed by atoms with E-state index in [1.165, 1.54) is 0 Å². The summed E-state index contributed by atoms with van der Waals surface area (Å²) in [5, 5.41) is 14.8. The number of fused-ring (bicyclic) bond motifs is 1. The van der Waals surface area contributed by atoms with Gasteiger partial charge in [-0.05, 0) is 31.4 Å². The minimum atomic E-state index is -0.433. The summed E-state index contributed by atoms with van der Waals surface area (Å²) in [5.41, 5.74) is 6.28. The van der Waals surface area contributed by atoms with Gasteiger partial charge in [-0.3, -0.25) is 15.2 Å². The number of nitrogens with zero attached hydrogens (tertiary/aromatic N) is 5. The summed E-state index contributed by atoms with van der Waals surface area (Å²) in [6.07, 6.45) is 5.91. The van der Waals surface area contributed by atoms with Crippen LogP contribution in [-0.2, 0) is 4.74 Å². The van der Waals surface area contributed by atoms with Gasteiger partial charge in [-0.2, -0.15) is 21.3 Å². The maximum atomic E-state index is 5.63. The van der Waals surface area contributed by atoms with Gasteiger partial charge in [0.25, 0.3) is 0 Å². The molecule has 1 aliphatic heterocycles. The number of H-pyrrole nitrogens is 2. The molecule has 9 heteroatoms. The Balaban J connectivity index is 1.74. The van der Waals surface area contributed by atoms with E-state index in [9.17, 15) is 0 Å². The van der Waals surface area contributed by atoms with Crippen molar-refractivity contribution in [2.45, 2.75) is 6.92 Å². The lowest BCUT2D eigenvalue weighted by Crippen LogP contribution is -2.31. The fourth-order valence-electron chi connectivity index (χ4n) is 3.42. The first-order valence-corrected chi connectivity index (χ1v) is 11.0. The molecule has 0 radical (unpaired) electrons. The number of aromatic nitrogens is 6. The predicted octanol–water partition coefficient (Wildman–Crippen LogP) is 3.06. The maximum Gasteiger partial charge on any atom is 0.139 e. The number of pyridine rings is 2. The van der Waals surface area contributed by atoms with Gasteiger partial charge >= 0.3 is 0 Å². The monoisotopic (exact) mass is 395 g/mol. The molecule has 5 heterocycles. The van der Waals surface area contributed by atoms with Crippen LogP contribution in [0.2, 0.25) is 0 Å². The van der Waals surface area contributed by atoms with Gasteiger partial charge < -0.3 is 9.04 Å². The Morgan fingerprint density at radius 2 is 2.14 bits per heavy atom. The SMILES string of the molecule is Cc1ccc(-c2cc(N3CCOC[SH]3C)nc3c(-c4cc[nH]n4)n[nH]c23)cn1. The number of anilines is 1. The standard InChI is InChI=1S/C19H21N7OS/c1-12-3-4-13(10-20-12)14-9-16(26-7-8-27-11-28(26)2)22-19-17(14)24-25-18(19)15-5-6-21-23-15/h3-6,9-10,28H,7-8,11H2,1-2H3,(H,21,23)(H,24,25). The molecular formula is C19H21N7OS. The zero-order valence-electron chi connectivity index (χ0n) is 15.7. The van der Waals surface area contributed by atoms with Crippen molar-refractivity contribution in [1.29, 1.82) is 0 Å². The fraction of sp³-hybridized carbons (Fsp3) is 0.263. The van der Waals surface area contributed by atoms with E-state index in [2.05, 4.69) is 48.1 Å². The lowest BCUT2D eigenvalue weighted by Gasteiger charge is -2.37. The Bertz CT molecular complexity index is 1110. The molecule has 28 heavy (non-hydrogen) atoms. The Kier molecular flexibility index (Phi) is 4.25. The Morgan fingerprint density at radius 3 is 2.89 bits per heavy atom. The molecule has 4 aromatic heterocycles. The minimum absolute atomic E-state index is 0.433. The van der Waals surface area contributed by atoms with Gasteiger partial charge in [-0.1, -0.05) is 6.07 Å². The molecule has 1 fully saturated rings. The fourth-order valence-corrected chi connectivity index (χ4v) is 4.82. The number of ether oxygens (including phenoxy) is 1. The van der Waals surface area contributed by atoms with Crippen LogP contribution in [0.3, 0.4) is 0 Å². The molecule has 1 saturated heterocycles. The molecule has 0 saturated carbocycles. The summed E-state index contributed by atoms with van der Waals surface area (Å²) in [7, 11) is 0. The molecular weight excluding hydrogens is 374 g/mol. The van der Waals surface area contributed by atoms with Crippen LogP contribution >= 0.6 is 11.1 Å². The summed E-state index contributed by atoms with van der Waals surface area (Å²) in [6, 6.07) is 8.14. The van der Waals surface area contributed by atoms with Gasteiger partial charge in [0.1, 0.15) is 22.7 Å². The number of aromatic amines is 2. The number of aryl methyl sites for hydroxylation is 1. The molecule has 0 bridgehead atoms. The van der Waals surface area contributed by atoms with E-state index in [1.807, 2.05) is 25.3 Å². The van der Waals surface area contributed by atoms with Crippen molar-refractivity contribution < 1.29 is 4.74 Å². The second-order valence-corrected chi connectivity index (χ2v) is 8.85. The van der Waals surface area contributed by atoms with Crippen LogP contribution < -0.4 is 4.31 Å². The molecule has 144 valence electrons. The van der Waals surface area contributed by atoms with Gasteiger partial charge in [0.05, 0.1) is 24.6 Å². The van der Waals surface area contributed by atoms with E-state index in [-0.39, 0.29) is 0 Å². The lowest BCUT2D eigenvalue weighted by atomic mass is 10.1.